The van der Waals surface area contributed by atoms with Gasteiger partial charge in [0.15, 0.2) is 11.5 Å². The molecule has 0 aliphatic heterocycles. The molecule has 0 radical (unpaired) electrons. The Balaban J connectivity index is 2.17. The maximum absolute atomic E-state index is 6.21. The van der Waals surface area contributed by atoms with Gasteiger partial charge in [-0.1, -0.05) is 25.4 Å². The van der Waals surface area contributed by atoms with Crippen LogP contribution in [0.3, 0.4) is 0 Å². The summed E-state index contributed by atoms with van der Waals surface area (Å²) in [6.45, 7) is 4.31. The van der Waals surface area contributed by atoms with Crippen LogP contribution in [0, 0.1) is 0 Å². The summed E-state index contributed by atoms with van der Waals surface area (Å²) in [6, 6.07) is 4.06. The van der Waals surface area contributed by atoms with E-state index < -0.39 is 0 Å². The second-order valence-corrected chi connectivity index (χ2v) is 5.17. The van der Waals surface area contributed by atoms with E-state index in [4.69, 9.17) is 11.6 Å². The Labute approximate surface area is 99.4 Å². The van der Waals surface area contributed by atoms with Gasteiger partial charge >= 0.3 is 0 Å². The van der Waals surface area contributed by atoms with Crippen molar-refractivity contribution in [3.63, 3.8) is 0 Å². The number of fused-ring (bicyclic) bond motifs is 1. The second kappa shape index (κ2) is 3.45. The highest BCUT2D eigenvalue weighted by molar-refractivity contribution is 6.29. The number of hydrogen-bond donors (Lipinski definition) is 0. The number of halogens is 1. The first-order valence-electron chi connectivity index (χ1n) is 5.71. The molecule has 0 unspecified atom stereocenters. The number of nitrogens with zero attached hydrogens (tertiary/aromatic N) is 3. The van der Waals surface area contributed by atoms with Gasteiger partial charge in [-0.05, 0) is 36.5 Å². The van der Waals surface area contributed by atoms with Crippen LogP contribution in [0.15, 0.2) is 12.1 Å². The molecule has 84 valence electrons. The zero-order valence-corrected chi connectivity index (χ0v) is 10.2. The number of hydrogen-bond acceptors (Lipinski definition) is 2. The van der Waals surface area contributed by atoms with Gasteiger partial charge in [-0.2, -0.15) is 0 Å². The molecule has 0 amide bonds. The minimum Gasteiger partial charge on any atom is -0.212 e. The highest BCUT2D eigenvalue weighted by Gasteiger charge is 2.28. The maximum atomic E-state index is 6.21. The van der Waals surface area contributed by atoms with E-state index in [1.54, 1.807) is 4.52 Å². The van der Waals surface area contributed by atoms with E-state index >= 15 is 0 Å². The van der Waals surface area contributed by atoms with Gasteiger partial charge in [0, 0.05) is 5.92 Å². The van der Waals surface area contributed by atoms with Crippen LogP contribution < -0.4 is 0 Å². The summed E-state index contributed by atoms with van der Waals surface area (Å²) >= 11 is 6.21. The van der Waals surface area contributed by atoms with Crippen LogP contribution in [0.25, 0.3) is 5.65 Å². The number of pyridine rings is 1. The van der Waals surface area contributed by atoms with Crippen LogP contribution in [0.2, 0.25) is 5.15 Å². The molecule has 1 aliphatic rings. The van der Waals surface area contributed by atoms with Gasteiger partial charge in [0.1, 0.15) is 5.15 Å². The summed E-state index contributed by atoms with van der Waals surface area (Å²) in [4.78, 5) is 4.55. The fraction of sp³-hybridized carbons (Fsp3) is 0.500. The normalized spacial score (nSPS) is 16.2. The third-order valence-corrected chi connectivity index (χ3v) is 3.31. The Hall–Kier alpha value is -1.09. The van der Waals surface area contributed by atoms with Crippen LogP contribution in [-0.2, 0) is 0 Å². The topological polar surface area (TPSA) is 30.2 Å². The predicted molar refractivity (Wildman–Crippen MR) is 64.1 cm³/mol. The standard InChI is InChI=1S/C12H14ClN3/c1-7(2)9-5-10(13)16-11(6-9)14-12(15-16)8-3-4-8/h5-8H,3-4H2,1-2H3. The molecule has 1 saturated carbocycles. The molecule has 1 aliphatic carbocycles. The van der Waals surface area contributed by atoms with Crippen molar-refractivity contribution in [2.75, 3.05) is 0 Å². The summed E-state index contributed by atoms with van der Waals surface area (Å²) in [5.41, 5.74) is 2.09. The smallest absolute Gasteiger partial charge is 0.157 e. The van der Waals surface area contributed by atoms with Crippen molar-refractivity contribution in [1.82, 2.24) is 14.6 Å². The number of rotatable bonds is 2. The lowest BCUT2D eigenvalue weighted by molar-refractivity contribution is 0.847. The van der Waals surface area contributed by atoms with Crippen molar-refractivity contribution in [1.29, 1.82) is 0 Å². The molecule has 0 atom stereocenters. The van der Waals surface area contributed by atoms with Crippen molar-refractivity contribution in [2.45, 2.75) is 38.5 Å². The van der Waals surface area contributed by atoms with Crippen molar-refractivity contribution in [3.8, 4) is 0 Å². The summed E-state index contributed by atoms with van der Waals surface area (Å²) < 4.78 is 1.74. The predicted octanol–water partition coefficient (Wildman–Crippen LogP) is 3.38. The van der Waals surface area contributed by atoms with E-state index in [2.05, 4.69) is 30.0 Å². The molecule has 0 spiro atoms. The molecule has 2 heterocycles. The van der Waals surface area contributed by atoms with Crippen LogP contribution in [0.1, 0.15) is 49.9 Å². The second-order valence-electron chi connectivity index (χ2n) is 4.78. The monoisotopic (exact) mass is 235 g/mol. The first-order valence-corrected chi connectivity index (χ1v) is 6.09. The molecule has 2 aromatic heterocycles. The van der Waals surface area contributed by atoms with E-state index in [-0.39, 0.29) is 0 Å². The first-order chi connectivity index (χ1) is 7.65. The lowest BCUT2D eigenvalue weighted by atomic mass is 10.1. The van der Waals surface area contributed by atoms with Gasteiger partial charge in [0.2, 0.25) is 0 Å². The lowest BCUT2D eigenvalue weighted by Gasteiger charge is -2.05. The molecule has 3 rings (SSSR count). The minimum absolute atomic E-state index is 0.462. The van der Waals surface area contributed by atoms with Crippen molar-refractivity contribution >= 4 is 17.2 Å². The van der Waals surface area contributed by atoms with E-state index in [0.29, 0.717) is 17.0 Å². The van der Waals surface area contributed by atoms with E-state index in [0.717, 1.165) is 11.5 Å². The van der Waals surface area contributed by atoms with E-state index in [1.165, 1.54) is 18.4 Å². The molecule has 3 nitrogen and oxygen atoms in total. The average molecular weight is 236 g/mol. The zero-order valence-electron chi connectivity index (χ0n) is 9.44. The van der Waals surface area contributed by atoms with Crippen molar-refractivity contribution in [3.05, 3.63) is 28.7 Å². The van der Waals surface area contributed by atoms with E-state index in [1.807, 2.05) is 6.07 Å². The maximum Gasteiger partial charge on any atom is 0.157 e. The Morgan fingerprint density at radius 1 is 1.38 bits per heavy atom. The quantitative estimate of drug-likeness (QED) is 0.747. The molecule has 0 bridgehead atoms. The molecule has 0 saturated heterocycles. The van der Waals surface area contributed by atoms with Crippen LogP contribution >= 0.6 is 11.6 Å². The van der Waals surface area contributed by atoms with Crippen LogP contribution in [0.5, 0.6) is 0 Å². The zero-order chi connectivity index (χ0) is 11.3. The van der Waals surface area contributed by atoms with Gasteiger partial charge in [0.05, 0.1) is 0 Å². The van der Waals surface area contributed by atoms with Crippen LogP contribution in [0.4, 0.5) is 0 Å². The molecular weight excluding hydrogens is 222 g/mol. The number of aromatic nitrogens is 3. The minimum atomic E-state index is 0.462. The Morgan fingerprint density at radius 3 is 2.75 bits per heavy atom. The third kappa shape index (κ3) is 1.59. The van der Waals surface area contributed by atoms with Gasteiger partial charge in [-0.3, -0.25) is 0 Å². The average Bonchev–Trinajstić information content (AvgIpc) is 2.98. The largest absolute Gasteiger partial charge is 0.212 e. The van der Waals surface area contributed by atoms with Gasteiger partial charge in [-0.25, -0.2) is 9.50 Å². The lowest BCUT2D eigenvalue weighted by Crippen LogP contribution is -1.94. The molecular formula is C12H14ClN3. The summed E-state index contributed by atoms with van der Waals surface area (Å²) in [6.07, 6.45) is 2.43. The van der Waals surface area contributed by atoms with E-state index in [9.17, 15) is 0 Å². The molecule has 2 aromatic rings. The first kappa shape index (κ1) is 10.1. The highest BCUT2D eigenvalue weighted by Crippen LogP contribution is 2.38. The molecule has 4 heteroatoms. The highest BCUT2D eigenvalue weighted by atomic mass is 35.5. The van der Waals surface area contributed by atoms with Crippen LogP contribution in [-0.4, -0.2) is 14.6 Å². The summed E-state index contributed by atoms with van der Waals surface area (Å²) in [7, 11) is 0. The van der Waals surface area contributed by atoms with Gasteiger partial charge in [-0.15, -0.1) is 5.10 Å². The molecule has 0 aromatic carbocycles. The molecule has 0 N–H and O–H groups in total. The Bertz CT molecular complexity index is 540. The van der Waals surface area contributed by atoms with Crippen molar-refractivity contribution < 1.29 is 0 Å². The summed E-state index contributed by atoms with van der Waals surface area (Å²) in [5.74, 6) is 1.98. The fourth-order valence-electron chi connectivity index (χ4n) is 1.83. The molecule has 1 fully saturated rings. The van der Waals surface area contributed by atoms with Gasteiger partial charge < -0.3 is 0 Å². The Morgan fingerprint density at radius 2 is 2.12 bits per heavy atom. The third-order valence-electron chi connectivity index (χ3n) is 3.04. The van der Waals surface area contributed by atoms with Crippen molar-refractivity contribution in [2.24, 2.45) is 0 Å². The SMILES string of the molecule is CC(C)c1cc(Cl)n2nc(C3CC3)nc2c1. The Kier molecular flexibility index (Phi) is 2.18. The van der Waals surface area contributed by atoms with Gasteiger partial charge in [0.25, 0.3) is 0 Å². The fourth-order valence-corrected chi connectivity index (χ4v) is 2.08. The molecule has 16 heavy (non-hydrogen) atoms. The summed E-state index contributed by atoms with van der Waals surface area (Å²) in [5, 5.41) is 5.10.